The van der Waals surface area contributed by atoms with Gasteiger partial charge in [0.25, 0.3) is 5.91 Å². The van der Waals surface area contributed by atoms with Gasteiger partial charge >= 0.3 is 0 Å². The van der Waals surface area contributed by atoms with Crippen LogP contribution in [0.15, 0.2) is 42.5 Å². The fourth-order valence-electron chi connectivity index (χ4n) is 2.35. The van der Waals surface area contributed by atoms with Crippen LogP contribution >= 0.6 is 34.2 Å². The van der Waals surface area contributed by atoms with Crippen LogP contribution in [0.1, 0.15) is 15.9 Å². The summed E-state index contributed by atoms with van der Waals surface area (Å²) < 4.78 is 1.12. The number of anilines is 1. The van der Waals surface area contributed by atoms with E-state index in [1.807, 2.05) is 24.3 Å². The first kappa shape index (κ1) is 15.3. The van der Waals surface area contributed by atoms with E-state index in [1.165, 1.54) is 0 Å². The number of rotatable bonds is 2. The SMILES string of the molecule is O=C1NC(Cc2ccc(I)cc2)C(=O)Nc2c(Cl)cccc21. The first-order chi connectivity index (χ1) is 10.5. The minimum absolute atomic E-state index is 0.265. The molecule has 1 heterocycles. The highest BCUT2D eigenvalue weighted by molar-refractivity contribution is 14.1. The first-order valence-corrected chi connectivity index (χ1v) is 8.15. The normalized spacial score (nSPS) is 17.3. The zero-order valence-corrected chi connectivity index (χ0v) is 14.3. The summed E-state index contributed by atoms with van der Waals surface area (Å²) in [6.45, 7) is 0. The molecule has 0 aromatic heterocycles. The van der Waals surface area contributed by atoms with E-state index in [0.717, 1.165) is 9.13 Å². The minimum atomic E-state index is -0.629. The van der Waals surface area contributed by atoms with Gasteiger partial charge < -0.3 is 10.6 Å². The summed E-state index contributed by atoms with van der Waals surface area (Å²) in [4.78, 5) is 24.7. The van der Waals surface area contributed by atoms with Crippen molar-refractivity contribution in [2.24, 2.45) is 0 Å². The number of fused-ring (bicyclic) bond motifs is 1. The highest BCUT2D eigenvalue weighted by atomic mass is 127. The zero-order chi connectivity index (χ0) is 15.7. The van der Waals surface area contributed by atoms with Gasteiger partial charge in [0.2, 0.25) is 5.91 Å². The number of hydrogen-bond acceptors (Lipinski definition) is 2. The molecule has 22 heavy (non-hydrogen) atoms. The minimum Gasteiger partial charge on any atom is -0.340 e. The average Bonchev–Trinajstić information content (AvgIpc) is 2.61. The molecular formula is C16H12ClIN2O2. The third-order valence-electron chi connectivity index (χ3n) is 3.48. The van der Waals surface area contributed by atoms with E-state index in [0.29, 0.717) is 22.7 Å². The van der Waals surface area contributed by atoms with Crippen molar-refractivity contribution in [2.75, 3.05) is 5.32 Å². The molecule has 2 amide bonds. The zero-order valence-electron chi connectivity index (χ0n) is 11.4. The predicted molar refractivity (Wildman–Crippen MR) is 94.2 cm³/mol. The lowest BCUT2D eigenvalue weighted by Crippen LogP contribution is -2.42. The Morgan fingerprint density at radius 3 is 2.55 bits per heavy atom. The smallest absolute Gasteiger partial charge is 0.254 e. The first-order valence-electron chi connectivity index (χ1n) is 6.69. The van der Waals surface area contributed by atoms with Crippen molar-refractivity contribution in [1.29, 1.82) is 0 Å². The van der Waals surface area contributed by atoms with Gasteiger partial charge in [-0.3, -0.25) is 9.59 Å². The Kier molecular flexibility index (Phi) is 4.35. The van der Waals surface area contributed by atoms with Crippen molar-refractivity contribution < 1.29 is 9.59 Å². The van der Waals surface area contributed by atoms with E-state index in [9.17, 15) is 9.59 Å². The van der Waals surface area contributed by atoms with Gasteiger partial charge in [0.1, 0.15) is 6.04 Å². The quantitative estimate of drug-likeness (QED) is 0.725. The number of carbonyl (C=O) groups is 2. The Hall–Kier alpha value is -1.60. The average molecular weight is 427 g/mol. The number of benzene rings is 2. The number of amides is 2. The van der Waals surface area contributed by atoms with Crippen LogP contribution in [0.2, 0.25) is 5.02 Å². The molecule has 0 bridgehead atoms. The fraction of sp³-hybridized carbons (Fsp3) is 0.125. The Bertz CT molecular complexity index is 746. The molecule has 1 aliphatic heterocycles. The lowest BCUT2D eigenvalue weighted by atomic mass is 10.1. The van der Waals surface area contributed by atoms with Gasteiger partial charge in [0.05, 0.1) is 16.3 Å². The van der Waals surface area contributed by atoms with Crippen molar-refractivity contribution >= 4 is 51.7 Å². The molecule has 2 N–H and O–H groups in total. The molecule has 0 saturated heterocycles. The van der Waals surface area contributed by atoms with Crippen LogP contribution in [0.3, 0.4) is 0 Å². The molecule has 112 valence electrons. The van der Waals surface area contributed by atoms with Crippen molar-refractivity contribution in [2.45, 2.75) is 12.5 Å². The maximum absolute atomic E-state index is 12.4. The highest BCUT2D eigenvalue weighted by Gasteiger charge is 2.28. The van der Waals surface area contributed by atoms with E-state index >= 15 is 0 Å². The van der Waals surface area contributed by atoms with Gasteiger partial charge in [-0.1, -0.05) is 29.8 Å². The molecular weight excluding hydrogens is 415 g/mol. The van der Waals surface area contributed by atoms with E-state index in [2.05, 4.69) is 33.2 Å². The maximum atomic E-state index is 12.4. The number of nitrogens with one attached hydrogen (secondary N) is 2. The van der Waals surface area contributed by atoms with Crippen molar-refractivity contribution in [3.8, 4) is 0 Å². The number of para-hydroxylation sites is 1. The molecule has 6 heteroatoms. The van der Waals surface area contributed by atoms with Gasteiger partial charge in [0.15, 0.2) is 0 Å². The second-order valence-corrected chi connectivity index (χ2v) is 6.66. The van der Waals surface area contributed by atoms with E-state index in [-0.39, 0.29) is 11.8 Å². The van der Waals surface area contributed by atoms with E-state index in [1.54, 1.807) is 18.2 Å². The van der Waals surface area contributed by atoms with E-state index < -0.39 is 6.04 Å². The Morgan fingerprint density at radius 1 is 1.09 bits per heavy atom. The van der Waals surface area contributed by atoms with Crippen molar-refractivity contribution in [1.82, 2.24) is 5.32 Å². The molecule has 0 spiro atoms. The number of hydrogen-bond donors (Lipinski definition) is 2. The molecule has 3 rings (SSSR count). The summed E-state index contributed by atoms with van der Waals surface area (Å²) in [5.41, 5.74) is 1.74. The highest BCUT2D eigenvalue weighted by Crippen LogP contribution is 2.28. The molecule has 2 aromatic carbocycles. The summed E-state index contributed by atoms with van der Waals surface area (Å²) in [5, 5.41) is 5.87. The molecule has 0 fully saturated rings. The van der Waals surface area contributed by atoms with Crippen LogP contribution in [0.25, 0.3) is 0 Å². The summed E-state index contributed by atoms with van der Waals surface area (Å²) in [6.07, 6.45) is 0.431. The number of halogens is 2. The third-order valence-corrected chi connectivity index (χ3v) is 4.52. The summed E-state index contributed by atoms with van der Waals surface area (Å²) in [6, 6.07) is 12.2. The van der Waals surface area contributed by atoms with Crippen LogP contribution in [-0.4, -0.2) is 17.9 Å². The monoisotopic (exact) mass is 426 g/mol. The third kappa shape index (κ3) is 3.10. The van der Waals surface area contributed by atoms with Crippen LogP contribution in [0, 0.1) is 3.57 Å². The second-order valence-electron chi connectivity index (χ2n) is 5.01. The topological polar surface area (TPSA) is 58.2 Å². The van der Waals surface area contributed by atoms with Crippen molar-refractivity contribution in [3.63, 3.8) is 0 Å². The van der Waals surface area contributed by atoms with Gasteiger partial charge in [-0.05, 0) is 52.4 Å². The van der Waals surface area contributed by atoms with Gasteiger partial charge in [-0.15, -0.1) is 0 Å². The molecule has 0 aliphatic carbocycles. The molecule has 0 saturated carbocycles. The second kappa shape index (κ2) is 6.26. The molecule has 4 nitrogen and oxygen atoms in total. The summed E-state index contributed by atoms with van der Waals surface area (Å²) in [7, 11) is 0. The Labute approximate surface area is 146 Å². The lowest BCUT2D eigenvalue weighted by Gasteiger charge is -2.14. The Balaban J connectivity index is 1.87. The fourth-order valence-corrected chi connectivity index (χ4v) is 2.93. The molecule has 0 radical (unpaired) electrons. The van der Waals surface area contributed by atoms with Crippen molar-refractivity contribution in [3.05, 3.63) is 62.2 Å². The molecule has 1 atom stereocenters. The Morgan fingerprint density at radius 2 is 1.82 bits per heavy atom. The molecule has 1 unspecified atom stereocenters. The summed E-state index contributed by atoms with van der Waals surface area (Å²) >= 11 is 8.30. The molecule has 1 aliphatic rings. The van der Waals surface area contributed by atoms with Gasteiger partial charge in [0, 0.05) is 9.99 Å². The van der Waals surface area contributed by atoms with Crippen LogP contribution in [0.5, 0.6) is 0 Å². The van der Waals surface area contributed by atoms with Crippen LogP contribution in [-0.2, 0) is 11.2 Å². The van der Waals surface area contributed by atoms with E-state index in [4.69, 9.17) is 11.6 Å². The van der Waals surface area contributed by atoms with Crippen LogP contribution in [0.4, 0.5) is 5.69 Å². The van der Waals surface area contributed by atoms with Crippen LogP contribution < -0.4 is 10.6 Å². The predicted octanol–water partition coefficient (Wildman–Crippen LogP) is 3.24. The largest absolute Gasteiger partial charge is 0.340 e. The summed E-state index contributed by atoms with van der Waals surface area (Å²) in [5.74, 6) is -0.565. The maximum Gasteiger partial charge on any atom is 0.254 e. The lowest BCUT2D eigenvalue weighted by molar-refractivity contribution is -0.117. The molecule has 2 aromatic rings. The van der Waals surface area contributed by atoms with Gasteiger partial charge in [-0.2, -0.15) is 0 Å². The van der Waals surface area contributed by atoms with Gasteiger partial charge in [-0.25, -0.2) is 0 Å². The number of carbonyl (C=O) groups excluding carboxylic acids is 2. The standard InChI is InChI=1S/C16H12ClIN2O2/c17-12-3-1-2-11-14(12)20-16(22)13(19-15(11)21)8-9-4-6-10(18)7-5-9/h1-7,13H,8H2,(H,19,21)(H,20,22).